The maximum Gasteiger partial charge on any atom is 0.319 e. The van der Waals surface area contributed by atoms with Crippen LogP contribution in [0.3, 0.4) is 0 Å². The van der Waals surface area contributed by atoms with Gasteiger partial charge in [0.25, 0.3) is 0 Å². The van der Waals surface area contributed by atoms with Crippen LogP contribution in [0.1, 0.15) is 37.8 Å². The molecule has 0 radical (unpaired) electrons. The first-order valence-electron chi connectivity index (χ1n) is 8.46. The Balaban J connectivity index is 1.51. The summed E-state index contributed by atoms with van der Waals surface area (Å²) in [7, 11) is 0. The first-order chi connectivity index (χ1) is 11.7. The number of allylic oxidation sites excluding steroid dienone is 1. The second kappa shape index (κ2) is 8.11. The molecule has 1 aromatic carbocycles. The fraction of sp³-hybridized carbons (Fsp3) is 0.368. The molecule has 2 amide bonds. The summed E-state index contributed by atoms with van der Waals surface area (Å²) < 4.78 is 0. The number of urea groups is 1. The molecular weight excluding hydrogens is 318 g/mol. The quantitative estimate of drug-likeness (QED) is 0.741. The molecule has 0 bridgehead atoms. The number of hydrogen-bond donors (Lipinski definition) is 2. The summed E-state index contributed by atoms with van der Waals surface area (Å²) in [5, 5.41) is 8.84. The zero-order chi connectivity index (χ0) is 16.8. The van der Waals surface area contributed by atoms with Crippen molar-refractivity contribution >= 4 is 23.1 Å². The normalized spacial score (nSPS) is 14.1. The van der Waals surface area contributed by atoms with Crippen molar-refractivity contribution in [2.75, 3.05) is 11.9 Å². The molecule has 126 valence electrons. The third-order valence-corrected chi connectivity index (χ3v) is 5.11. The lowest BCUT2D eigenvalue weighted by atomic mass is 9.97. The molecule has 2 N–H and O–H groups in total. The molecule has 0 saturated heterocycles. The second-order valence-corrected chi connectivity index (χ2v) is 6.97. The Morgan fingerprint density at radius 1 is 1.33 bits per heavy atom. The van der Waals surface area contributed by atoms with Crippen molar-refractivity contribution in [2.24, 2.45) is 0 Å². The van der Waals surface area contributed by atoms with E-state index in [9.17, 15) is 4.79 Å². The van der Waals surface area contributed by atoms with Crippen LogP contribution < -0.4 is 10.6 Å². The summed E-state index contributed by atoms with van der Waals surface area (Å²) >= 11 is 1.61. The van der Waals surface area contributed by atoms with Crippen LogP contribution in [0.15, 0.2) is 41.3 Å². The van der Waals surface area contributed by atoms with E-state index < -0.39 is 0 Å². The first-order valence-corrected chi connectivity index (χ1v) is 9.34. The van der Waals surface area contributed by atoms with Crippen LogP contribution in [0.25, 0.3) is 10.6 Å². The molecule has 0 fully saturated rings. The molecule has 1 heterocycles. The van der Waals surface area contributed by atoms with Gasteiger partial charge in [-0.3, -0.25) is 0 Å². The number of carbonyl (C=O) groups is 1. The zero-order valence-corrected chi connectivity index (χ0v) is 14.8. The van der Waals surface area contributed by atoms with Crippen molar-refractivity contribution in [1.29, 1.82) is 0 Å². The number of carbonyl (C=O) groups excluding carboxylic acids is 1. The van der Waals surface area contributed by atoms with Gasteiger partial charge in [0.2, 0.25) is 0 Å². The van der Waals surface area contributed by atoms with E-state index >= 15 is 0 Å². The molecule has 1 aromatic heterocycles. The van der Waals surface area contributed by atoms with Crippen molar-refractivity contribution in [1.82, 2.24) is 10.3 Å². The lowest BCUT2D eigenvalue weighted by Gasteiger charge is -2.13. The van der Waals surface area contributed by atoms with E-state index in [-0.39, 0.29) is 6.03 Å². The fourth-order valence-corrected chi connectivity index (χ4v) is 3.65. The predicted octanol–water partition coefficient (Wildman–Crippen LogP) is 5.13. The summed E-state index contributed by atoms with van der Waals surface area (Å²) in [4.78, 5) is 16.5. The molecule has 24 heavy (non-hydrogen) atoms. The molecule has 0 spiro atoms. The number of anilines is 1. The highest BCUT2D eigenvalue weighted by Gasteiger charge is 2.07. The van der Waals surface area contributed by atoms with Crippen LogP contribution in [0.4, 0.5) is 10.5 Å². The number of nitrogens with one attached hydrogen (secondary N) is 2. The van der Waals surface area contributed by atoms with Crippen molar-refractivity contribution in [3.05, 3.63) is 47.0 Å². The largest absolute Gasteiger partial charge is 0.338 e. The number of thiazole rings is 1. The van der Waals surface area contributed by atoms with E-state index in [1.54, 1.807) is 11.3 Å². The van der Waals surface area contributed by atoms with Gasteiger partial charge < -0.3 is 10.6 Å². The van der Waals surface area contributed by atoms with Gasteiger partial charge in [-0.1, -0.05) is 23.8 Å². The number of amides is 2. The van der Waals surface area contributed by atoms with Gasteiger partial charge in [0.1, 0.15) is 5.01 Å². The Hall–Kier alpha value is -2.14. The van der Waals surface area contributed by atoms with E-state index in [4.69, 9.17) is 0 Å². The number of benzene rings is 1. The number of aromatic nitrogens is 1. The van der Waals surface area contributed by atoms with Gasteiger partial charge in [-0.15, -0.1) is 11.3 Å². The van der Waals surface area contributed by atoms with Gasteiger partial charge in [-0.25, -0.2) is 9.78 Å². The van der Waals surface area contributed by atoms with Crippen LogP contribution >= 0.6 is 11.3 Å². The number of nitrogens with zero attached hydrogens (tertiary/aromatic N) is 1. The van der Waals surface area contributed by atoms with Gasteiger partial charge in [0, 0.05) is 28.9 Å². The molecule has 1 aliphatic rings. The molecule has 3 rings (SSSR count). The molecule has 1 aliphatic carbocycles. The highest BCUT2D eigenvalue weighted by Crippen LogP contribution is 2.25. The number of aryl methyl sites for hydroxylation is 1. The Labute approximate surface area is 147 Å². The van der Waals surface area contributed by atoms with Gasteiger partial charge >= 0.3 is 6.03 Å². The Morgan fingerprint density at radius 3 is 3.00 bits per heavy atom. The van der Waals surface area contributed by atoms with E-state index in [0.29, 0.717) is 6.54 Å². The Kier molecular flexibility index (Phi) is 5.64. The second-order valence-electron chi connectivity index (χ2n) is 6.11. The molecule has 5 heteroatoms. The maximum absolute atomic E-state index is 12.1. The van der Waals surface area contributed by atoms with E-state index in [1.165, 1.54) is 31.3 Å². The lowest BCUT2D eigenvalue weighted by molar-refractivity contribution is 0.252. The standard InChI is InChI=1S/C19H23N3OS/c1-14-13-24-18(21-14)16-8-5-9-17(12-16)22-19(23)20-11-10-15-6-3-2-4-7-15/h5-6,8-9,12-13H,2-4,7,10-11H2,1H3,(H2,20,22,23). The highest BCUT2D eigenvalue weighted by atomic mass is 32.1. The van der Waals surface area contributed by atoms with Crippen molar-refractivity contribution in [3.63, 3.8) is 0 Å². The van der Waals surface area contributed by atoms with E-state index in [1.807, 2.05) is 36.6 Å². The van der Waals surface area contributed by atoms with Crippen LogP contribution in [0.5, 0.6) is 0 Å². The monoisotopic (exact) mass is 341 g/mol. The topological polar surface area (TPSA) is 54.0 Å². The fourth-order valence-electron chi connectivity index (χ4n) is 2.86. The van der Waals surface area contributed by atoms with Crippen molar-refractivity contribution < 1.29 is 4.79 Å². The van der Waals surface area contributed by atoms with Gasteiger partial charge in [0.05, 0.1) is 0 Å². The van der Waals surface area contributed by atoms with Crippen LogP contribution in [-0.4, -0.2) is 17.6 Å². The summed E-state index contributed by atoms with van der Waals surface area (Å²) in [5.74, 6) is 0. The average Bonchev–Trinajstić information content (AvgIpc) is 3.03. The van der Waals surface area contributed by atoms with E-state index in [2.05, 4.69) is 21.7 Å². The van der Waals surface area contributed by atoms with Gasteiger partial charge in [-0.05, 0) is 51.2 Å². The molecule has 0 aliphatic heterocycles. The summed E-state index contributed by atoms with van der Waals surface area (Å²) in [6.45, 7) is 2.67. The van der Waals surface area contributed by atoms with Gasteiger partial charge in [-0.2, -0.15) is 0 Å². The van der Waals surface area contributed by atoms with Crippen LogP contribution in [0, 0.1) is 6.92 Å². The van der Waals surface area contributed by atoms with Gasteiger partial charge in [0.15, 0.2) is 0 Å². The minimum Gasteiger partial charge on any atom is -0.338 e. The van der Waals surface area contributed by atoms with Crippen molar-refractivity contribution in [3.8, 4) is 10.6 Å². The number of hydrogen-bond acceptors (Lipinski definition) is 3. The molecule has 0 saturated carbocycles. The molecule has 4 nitrogen and oxygen atoms in total. The first kappa shape index (κ1) is 16.7. The lowest BCUT2D eigenvalue weighted by Crippen LogP contribution is -2.29. The van der Waals surface area contributed by atoms with Crippen LogP contribution in [-0.2, 0) is 0 Å². The smallest absolute Gasteiger partial charge is 0.319 e. The summed E-state index contributed by atoms with van der Waals surface area (Å²) in [6, 6.07) is 7.65. The minimum atomic E-state index is -0.154. The SMILES string of the molecule is Cc1csc(-c2cccc(NC(=O)NCCC3=CCCCC3)c2)n1. The molecule has 0 atom stereocenters. The number of rotatable bonds is 5. The third kappa shape index (κ3) is 4.68. The molecule has 2 aromatic rings. The average molecular weight is 341 g/mol. The molecular formula is C19H23N3OS. The predicted molar refractivity (Wildman–Crippen MR) is 100 cm³/mol. The maximum atomic E-state index is 12.1. The zero-order valence-electron chi connectivity index (χ0n) is 14.0. The third-order valence-electron chi connectivity index (χ3n) is 4.10. The minimum absolute atomic E-state index is 0.154. The summed E-state index contributed by atoms with van der Waals surface area (Å²) in [5.41, 5.74) is 4.30. The Morgan fingerprint density at radius 2 is 2.25 bits per heavy atom. The summed E-state index contributed by atoms with van der Waals surface area (Å²) in [6.07, 6.45) is 8.21. The Bertz CT molecular complexity index is 736. The van der Waals surface area contributed by atoms with Crippen molar-refractivity contribution in [2.45, 2.75) is 39.0 Å². The highest BCUT2D eigenvalue weighted by molar-refractivity contribution is 7.13. The van der Waals surface area contributed by atoms with Crippen LogP contribution in [0.2, 0.25) is 0 Å². The molecule has 0 unspecified atom stereocenters. The van der Waals surface area contributed by atoms with E-state index in [0.717, 1.165) is 28.4 Å².